The van der Waals surface area contributed by atoms with Gasteiger partial charge in [-0.1, -0.05) is 18.2 Å². The van der Waals surface area contributed by atoms with E-state index in [0.29, 0.717) is 12.1 Å². The molecule has 1 amide bonds. The normalized spacial score (nSPS) is 16.8. The largest absolute Gasteiger partial charge is 0.377 e. The van der Waals surface area contributed by atoms with Gasteiger partial charge in [0.2, 0.25) is 0 Å². The predicted molar refractivity (Wildman–Crippen MR) is 96.1 cm³/mol. The Bertz CT molecular complexity index is 776. The molecule has 138 valence electrons. The molecule has 0 radical (unpaired) electrons. The number of anilines is 1. The Morgan fingerprint density at radius 1 is 1.27 bits per heavy atom. The summed E-state index contributed by atoms with van der Waals surface area (Å²) in [6.07, 6.45) is 2.44. The van der Waals surface area contributed by atoms with Crippen molar-refractivity contribution in [2.45, 2.75) is 25.5 Å². The summed E-state index contributed by atoms with van der Waals surface area (Å²) in [7, 11) is 2.01. The fraction of sp³-hybridized carbons (Fsp3) is 0.350. The Balaban J connectivity index is 1.64. The highest BCUT2D eigenvalue weighted by molar-refractivity contribution is 6.04. The lowest BCUT2D eigenvalue weighted by atomic mass is 10.1. The van der Waals surface area contributed by atoms with Gasteiger partial charge in [0.15, 0.2) is 11.6 Å². The second-order valence-electron chi connectivity index (χ2n) is 6.59. The molecule has 0 aromatic heterocycles. The van der Waals surface area contributed by atoms with E-state index >= 15 is 0 Å². The second kappa shape index (κ2) is 8.38. The molecule has 0 spiro atoms. The maximum atomic E-state index is 13.7. The molecule has 3 rings (SSSR count). The highest BCUT2D eigenvalue weighted by Crippen LogP contribution is 2.18. The lowest BCUT2D eigenvalue weighted by molar-refractivity contribution is 0.0793. The number of rotatable bonds is 6. The first-order valence-corrected chi connectivity index (χ1v) is 8.67. The minimum Gasteiger partial charge on any atom is -0.377 e. The summed E-state index contributed by atoms with van der Waals surface area (Å²) in [4.78, 5) is 14.5. The number of hydrogen-bond acceptors (Lipinski definition) is 3. The van der Waals surface area contributed by atoms with Crippen LogP contribution in [0.2, 0.25) is 0 Å². The summed E-state index contributed by atoms with van der Waals surface area (Å²) < 4.78 is 32.6. The Hall–Kier alpha value is -2.31. The van der Waals surface area contributed by atoms with E-state index in [1.165, 1.54) is 12.1 Å². The van der Waals surface area contributed by atoms with Crippen LogP contribution < -0.4 is 5.32 Å². The summed E-state index contributed by atoms with van der Waals surface area (Å²) in [6.45, 7) is 2.34. The number of halogens is 2. The van der Waals surface area contributed by atoms with Crippen molar-refractivity contribution in [2.24, 2.45) is 0 Å². The smallest absolute Gasteiger partial charge is 0.255 e. The fourth-order valence-electron chi connectivity index (χ4n) is 3.12. The first kappa shape index (κ1) is 18.5. The van der Waals surface area contributed by atoms with Crippen LogP contribution in [0, 0.1) is 11.6 Å². The highest BCUT2D eigenvalue weighted by atomic mass is 19.2. The fourth-order valence-corrected chi connectivity index (χ4v) is 3.12. The van der Waals surface area contributed by atoms with Crippen LogP contribution in [0.3, 0.4) is 0 Å². The third-order valence-corrected chi connectivity index (χ3v) is 4.38. The van der Waals surface area contributed by atoms with E-state index in [9.17, 15) is 13.6 Å². The van der Waals surface area contributed by atoms with Gasteiger partial charge in [-0.3, -0.25) is 9.69 Å². The van der Waals surface area contributed by atoms with Crippen molar-refractivity contribution in [3.8, 4) is 0 Å². The molecule has 4 nitrogen and oxygen atoms in total. The van der Waals surface area contributed by atoms with E-state index in [4.69, 9.17) is 4.74 Å². The number of ether oxygens (including phenoxy) is 1. The van der Waals surface area contributed by atoms with Crippen LogP contribution in [0.4, 0.5) is 14.5 Å². The Morgan fingerprint density at radius 3 is 2.85 bits per heavy atom. The number of amides is 1. The van der Waals surface area contributed by atoms with Gasteiger partial charge in [-0.25, -0.2) is 8.78 Å². The average Bonchev–Trinajstić information content (AvgIpc) is 3.12. The molecule has 2 aromatic rings. The molecule has 0 aliphatic carbocycles. The zero-order valence-corrected chi connectivity index (χ0v) is 14.7. The van der Waals surface area contributed by atoms with Crippen LogP contribution in [0.5, 0.6) is 0 Å². The van der Waals surface area contributed by atoms with E-state index in [-0.39, 0.29) is 11.8 Å². The molecular formula is C20H22F2N2O2. The summed E-state index contributed by atoms with van der Waals surface area (Å²) in [5.74, 6) is -2.53. The summed E-state index contributed by atoms with van der Waals surface area (Å²) in [5, 5.41) is 2.42. The monoisotopic (exact) mass is 360 g/mol. The highest BCUT2D eigenvalue weighted by Gasteiger charge is 2.18. The maximum Gasteiger partial charge on any atom is 0.255 e. The molecular weight excluding hydrogens is 338 g/mol. The second-order valence-corrected chi connectivity index (χ2v) is 6.59. The van der Waals surface area contributed by atoms with Crippen molar-refractivity contribution < 1.29 is 18.3 Å². The SMILES string of the molecule is CN(Cc1cccc(C(=O)Nc2cccc(F)c2F)c1)CC1CCCO1. The number of hydrogen-bond donors (Lipinski definition) is 1. The summed E-state index contributed by atoms with van der Waals surface area (Å²) in [6, 6.07) is 10.8. The van der Waals surface area contributed by atoms with Gasteiger partial charge in [0.1, 0.15) is 0 Å². The van der Waals surface area contributed by atoms with Crippen LogP contribution in [-0.4, -0.2) is 37.1 Å². The Kier molecular flexibility index (Phi) is 5.96. The van der Waals surface area contributed by atoms with Gasteiger partial charge in [-0.05, 0) is 49.7 Å². The first-order chi connectivity index (χ1) is 12.5. The molecule has 6 heteroatoms. The van der Waals surface area contributed by atoms with Gasteiger partial charge < -0.3 is 10.1 Å². The minimum atomic E-state index is -1.06. The third-order valence-electron chi connectivity index (χ3n) is 4.38. The quantitative estimate of drug-likeness (QED) is 0.851. The molecule has 1 aliphatic rings. The van der Waals surface area contributed by atoms with E-state index in [0.717, 1.165) is 37.6 Å². The third kappa shape index (κ3) is 4.65. The molecule has 26 heavy (non-hydrogen) atoms. The maximum absolute atomic E-state index is 13.7. The molecule has 2 aromatic carbocycles. The van der Waals surface area contributed by atoms with Crippen LogP contribution in [-0.2, 0) is 11.3 Å². The standard InChI is InChI=1S/C20H22F2N2O2/c1-24(13-16-7-4-10-26-16)12-14-5-2-6-15(11-14)20(25)23-18-9-3-8-17(21)19(18)22/h2-3,5-6,8-9,11,16H,4,7,10,12-13H2,1H3,(H,23,25). The zero-order valence-electron chi connectivity index (χ0n) is 14.7. The molecule has 1 unspecified atom stereocenters. The van der Waals surface area contributed by atoms with Gasteiger partial charge >= 0.3 is 0 Å². The Labute approximate surface area is 151 Å². The van der Waals surface area contributed by atoms with Crippen LogP contribution in [0.1, 0.15) is 28.8 Å². The minimum absolute atomic E-state index is 0.170. The molecule has 1 saturated heterocycles. The van der Waals surface area contributed by atoms with Crippen LogP contribution in [0.15, 0.2) is 42.5 Å². The number of nitrogens with one attached hydrogen (secondary N) is 1. The molecule has 1 heterocycles. The van der Waals surface area contributed by atoms with E-state index in [2.05, 4.69) is 10.2 Å². The van der Waals surface area contributed by atoms with Gasteiger partial charge in [0.25, 0.3) is 5.91 Å². The molecule has 1 atom stereocenters. The predicted octanol–water partition coefficient (Wildman–Crippen LogP) is 3.83. The van der Waals surface area contributed by atoms with E-state index in [1.54, 1.807) is 18.2 Å². The lowest BCUT2D eigenvalue weighted by Crippen LogP contribution is -2.28. The van der Waals surface area contributed by atoms with Crippen molar-refractivity contribution in [3.63, 3.8) is 0 Å². The molecule has 1 N–H and O–H groups in total. The molecule has 1 fully saturated rings. The number of nitrogens with zero attached hydrogens (tertiary/aromatic N) is 1. The van der Waals surface area contributed by atoms with Gasteiger partial charge in [-0.15, -0.1) is 0 Å². The molecule has 0 bridgehead atoms. The summed E-state index contributed by atoms with van der Waals surface area (Å²) in [5.41, 5.74) is 1.20. The van der Waals surface area contributed by atoms with Crippen LogP contribution >= 0.6 is 0 Å². The van der Waals surface area contributed by atoms with Crippen LogP contribution in [0.25, 0.3) is 0 Å². The zero-order chi connectivity index (χ0) is 18.5. The topological polar surface area (TPSA) is 41.6 Å². The van der Waals surface area contributed by atoms with Crippen molar-refractivity contribution in [2.75, 3.05) is 25.5 Å². The first-order valence-electron chi connectivity index (χ1n) is 8.67. The Morgan fingerprint density at radius 2 is 2.08 bits per heavy atom. The number of benzene rings is 2. The number of carbonyl (C=O) groups excluding carboxylic acids is 1. The van der Waals surface area contributed by atoms with E-state index in [1.807, 2.05) is 13.1 Å². The lowest BCUT2D eigenvalue weighted by Gasteiger charge is -2.20. The van der Waals surface area contributed by atoms with Gasteiger partial charge in [-0.2, -0.15) is 0 Å². The van der Waals surface area contributed by atoms with Gasteiger partial charge in [0, 0.05) is 25.3 Å². The van der Waals surface area contributed by atoms with Crippen molar-refractivity contribution >= 4 is 11.6 Å². The molecule has 1 aliphatic heterocycles. The van der Waals surface area contributed by atoms with Crippen molar-refractivity contribution in [1.82, 2.24) is 4.90 Å². The van der Waals surface area contributed by atoms with E-state index < -0.39 is 17.5 Å². The number of carbonyl (C=O) groups is 1. The summed E-state index contributed by atoms with van der Waals surface area (Å²) >= 11 is 0. The average molecular weight is 360 g/mol. The van der Waals surface area contributed by atoms with Crippen molar-refractivity contribution in [3.05, 3.63) is 65.2 Å². The van der Waals surface area contributed by atoms with Gasteiger partial charge in [0.05, 0.1) is 11.8 Å². The number of likely N-dealkylation sites (N-methyl/N-ethyl adjacent to an activating group) is 1. The molecule has 0 saturated carbocycles. The van der Waals surface area contributed by atoms with Crippen molar-refractivity contribution in [1.29, 1.82) is 0 Å².